The summed E-state index contributed by atoms with van der Waals surface area (Å²) in [6.07, 6.45) is 0. The van der Waals surface area contributed by atoms with Crippen LogP contribution in [0.5, 0.6) is 5.75 Å². The van der Waals surface area contributed by atoms with E-state index in [1.807, 2.05) is 7.05 Å². The maximum atomic E-state index is 5.42. The van der Waals surface area contributed by atoms with Crippen LogP contribution in [-0.4, -0.2) is 14.2 Å². The lowest BCUT2D eigenvalue weighted by Gasteiger charge is -2.17. The molecule has 84 valence electrons. The summed E-state index contributed by atoms with van der Waals surface area (Å²) in [5, 5.41) is 3.22. The van der Waals surface area contributed by atoms with E-state index < -0.39 is 0 Å². The summed E-state index contributed by atoms with van der Waals surface area (Å²) in [7, 11) is 3.69. The first-order valence-electron chi connectivity index (χ1n) is 5.45. The van der Waals surface area contributed by atoms with Crippen LogP contribution in [0.1, 0.15) is 43.9 Å². The minimum absolute atomic E-state index is 0.321. The molecule has 15 heavy (non-hydrogen) atoms. The van der Waals surface area contributed by atoms with Crippen LogP contribution in [-0.2, 0) is 0 Å². The Balaban J connectivity index is 3.09. The van der Waals surface area contributed by atoms with E-state index in [9.17, 15) is 0 Å². The number of hydrogen-bond acceptors (Lipinski definition) is 2. The smallest absolute Gasteiger partial charge is 0.123 e. The van der Waals surface area contributed by atoms with E-state index >= 15 is 0 Å². The van der Waals surface area contributed by atoms with Gasteiger partial charge in [0.2, 0.25) is 0 Å². The van der Waals surface area contributed by atoms with Gasteiger partial charge in [-0.1, -0.05) is 26.0 Å². The molecule has 0 heterocycles. The fourth-order valence-corrected chi connectivity index (χ4v) is 1.60. The Morgan fingerprint density at radius 1 is 1.20 bits per heavy atom. The van der Waals surface area contributed by atoms with Gasteiger partial charge in [0.1, 0.15) is 5.75 Å². The van der Waals surface area contributed by atoms with Crippen molar-refractivity contribution in [2.75, 3.05) is 14.2 Å². The maximum Gasteiger partial charge on any atom is 0.123 e. The highest BCUT2D eigenvalue weighted by Crippen LogP contribution is 2.28. The third-order valence-electron chi connectivity index (χ3n) is 2.82. The fourth-order valence-electron chi connectivity index (χ4n) is 1.60. The van der Waals surface area contributed by atoms with Gasteiger partial charge in [-0.15, -0.1) is 0 Å². The van der Waals surface area contributed by atoms with Gasteiger partial charge in [-0.25, -0.2) is 0 Å². The van der Waals surface area contributed by atoms with Crippen molar-refractivity contribution in [2.45, 2.75) is 32.7 Å². The molecule has 1 rings (SSSR count). The summed E-state index contributed by atoms with van der Waals surface area (Å²) in [6, 6.07) is 6.78. The summed E-state index contributed by atoms with van der Waals surface area (Å²) >= 11 is 0. The highest BCUT2D eigenvalue weighted by molar-refractivity contribution is 5.40. The fraction of sp³-hybridized carbons (Fsp3) is 0.538. The molecule has 0 radical (unpaired) electrons. The van der Waals surface area contributed by atoms with Crippen LogP contribution < -0.4 is 10.1 Å². The first-order valence-corrected chi connectivity index (χ1v) is 5.45. The van der Waals surface area contributed by atoms with E-state index in [-0.39, 0.29) is 0 Å². The number of nitrogens with one attached hydrogen (secondary N) is 1. The molecule has 0 fully saturated rings. The van der Waals surface area contributed by atoms with Crippen LogP contribution in [0.25, 0.3) is 0 Å². The molecule has 1 unspecified atom stereocenters. The Hall–Kier alpha value is -1.02. The Morgan fingerprint density at radius 2 is 1.87 bits per heavy atom. The summed E-state index contributed by atoms with van der Waals surface area (Å²) in [5.74, 6) is 1.51. The van der Waals surface area contributed by atoms with E-state index in [4.69, 9.17) is 4.74 Å². The molecule has 1 atom stereocenters. The van der Waals surface area contributed by atoms with Gasteiger partial charge in [-0.2, -0.15) is 0 Å². The zero-order chi connectivity index (χ0) is 11.4. The third kappa shape index (κ3) is 2.72. The van der Waals surface area contributed by atoms with E-state index in [0.717, 1.165) is 5.75 Å². The summed E-state index contributed by atoms with van der Waals surface area (Å²) in [5.41, 5.74) is 2.53. The van der Waals surface area contributed by atoms with Crippen molar-refractivity contribution < 1.29 is 4.74 Å². The molecule has 0 aliphatic carbocycles. The standard InChI is InChI=1S/C13H21NO/c1-9(2)11-6-7-12(10(3)14-4)13(8-11)15-5/h6-10,14H,1-5H3. The van der Waals surface area contributed by atoms with Crippen molar-refractivity contribution in [3.05, 3.63) is 29.3 Å². The van der Waals surface area contributed by atoms with Gasteiger partial charge < -0.3 is 10.1 Å². The van der Waals surface area contributed by atoms with Gasteiger partial charge in [0.15, 0.2) is 0 Å². The van der Waals surface area contributed by atoms with Crippen molar-refractivity contribution in [1.29, 1.82) is 0 Å². The lowest BCUT2D eigenvalue weighted by Crippen LogP contribution is -2.13. The van der Waals surface area contributed by atoms with Crippen molar-refractivity contribution >= 4 is 0 Å². The largest absolute Gasteiger partial charge is 0.496 e. The Labute approximate surface area is 92.6 Å². The number of benzene rings is 1. The quantitative estimate of drug-likeness (QED) is 0.819. The molecule has 1 aromatic rings. The van der Waals surface area contributed by atoms with Crippen LogP contribution in [0.3, 0.4) is 0 Å². The maximum absolute atomic E-state index is 5.42. The van der Waals surface area contributed by atoms with Gasteiger partial charge >= 0.3 is 0 Å². The predicted molar refractivity (Wildman–Crippen MR) is 64.6 cm³/mol. The normalized spacial score (nSPS) is 12.9. The lowest BCUT2D eigenvalue weighted by molar-refractivity contribution is 0.403. The molecule has 0 saturated carbocycles. The summed E-state index contributed by atoms with van der Waals surface area (Å²) in [4.78, 5) is 0. The molecule has 1 N–H and O–H groups in total. The summed E-state index contributed by atoms with van der Waals surface area (Å²) < 4.78 is 5.42. The van der Waals surface area contributed by atoms with Crippen LogP contribution >= 0.6 is 0 Å². The number of methoxy groups -OCH3 is 1. The van der Waals surface area contributed by atoms with E-state index in [1.165, 1.54) is 11.1 Å². The van der Waals surface area contributed by atoms with Gasteiger partial charge in [-0.05, 0) is 31.5 Å². The topological polar surface area (TPSA) is 21.3 Å². The van der Waals surface area contributed by atoms with Crippen LogP contribution in [0.2, 0.25) is 0 Å². The molecule has 0 aliphatic rings. The monoisotopic (exact) mass is 207 g/mol. The van der Waals surface area contributed by atoms with E-state index in [2.05, 4.69) is 44.3 Å². The van der Waals surface area contributed by atoms with Crippen LogP contribution in [0, 0.1) is 0 Å². The average molecular weight is 207 g/mol. The second-order valence-electron chi connectivity index (χ2n) is 4.17. The molecular formula is C13H21NO. The van der Waals surface area contributed by atoms with Crippen LogP contribution in [0.4, 0.5) is 0 Å². The van der Waals surface area contributed by atoms with E-state index in [0.29, 0.717) is 12.0 Å². The lowest BCUT2D eigenvalue weighted by atomic mass is 9.98. The van der Waals surface area contributed by atoms with Crippen LogP contribution in [0.15, 0.2) is 18.2 Å². The molecule has 0 amide bonds. The van der Waals surface area contributed by atoms with E-state index in [1.54, 1.807) is 7.11 Å². The van der Waals surface area contributed by atoms with Gasteiger partial charge in [0.25, 0.3) is 0 Å². The minimum atomic E-state index is 0.321. The number of hydrogen-bond donors (Lipinski definition) is 1. The Kier molecular flexibility index (Phi) is 4.15. The highest BCUT2D eigenvalue weighted by Gasteiger charge is 2.11. The second-order valence-corrected chi connectivity index (χ2v) is 4.17. The first-order chi connectivity index (χ1) is 7.10. The molecule has 1 aromatic carbocycles. The van der Waals surface area contributed by atoms with Crippen molar-refractivity contribution in [2.24, 2.45) is 0 Å². The molecule has 2 nitrogen and oxygen atoms in total. The van der Waals surface area contributed by atoms with Crippen molar-refractivity contribution in [3.63, 3.8) is 0 Å². The van der Waals surface area contributed by atoms with Crippen molar-refractivity contribution in [3.8, 4) is 5.75 Å². The van der Waals surface area contributed by atoms with Gasteiger partial charge in [-0.3, -0.25) is 0 Å². The molecule has 0 bridgehead atoms. The molecule has 0 spiro atoms. The second kappa shape index (κ2) is 5.17. The van der Waals surface area contributed by atoms with Crippen molar-refractivity contribution in [1.82, 2.24) is 5.32 Å². The Morgan fingerprint density at radius 3 is 2.33 bits per heavy atom. The summed E-state index contributed by atoms with van der Waals surface area (Å²) in [6.45, 7) is 6.51. The minimum Gasteiger partial charge on any atom is -0.496 e. The zero-order valence-corrected chi connectivity index (χ0v) is 10.3. The zero-order valence-electron chi connectivity index (χ0n) is 10.3. The number of rotatable bonds is 4. The number of ether oxygens (including phenoxy) is 1. The van der Waals surface area contributed by atoms with Gasteiger partial charge in [0, 0.05) is 11.6 Å². The Bertz CT molecular complexity index is 320. The molecule has 2 heteroatoms. The molecule has 0 aromatic heterocycles. The van der Waals surface area contributed by atoms with Gasteiger partial charge in [0.05, 0.1) is 7.11 Å². The average Bonchev–Trinajstić information content (AvgIpc) is 2.27. The SMILES string of the molecule is CNC(C)c1ccc(C(C)C)cc1OC. The predicted octanol–water partition coefficient (Wildman–Crippen LogP) is 3.10. The first kappa shape index (κ1) is 12.1. The molecular weight excluding hydrogens is 186 g/mol. The third-order valence-corrected chi connectivity index (χ3v) is 2.82. The highest BCUT2D eigenvalue weighted by atomic mass is 16.5. The molecule has 0 saturated heterocycles. The molecule has 0 aliphatic heterocycles.